The molecule has 0 spiro atoms. The van der Waals surface area contributed by atoms with Gasteiger partial charge in [-0.2, -0.15) is 0 Å². The highest BCUT2D eigenvalue weighted by Gasteiger charge is 2.38. The predicted molar refractivity (Wildman–Crippen MR) is 215 cm³/mol. The minimum absolute atomic E-state index is 0.0247. The van der Waals surface area contributed by atoms with Crippen LogP contribution in [0.5, 0.6) is 0 Å². The van der Waals surface area contributed by atoms with Crippen LogP contribution in [0.4, 0.5) is 0 Å². The molecule has 0 saturated carbocycles. The summed E-state index contributed by atoms with van der Waals surface area (Å²) < 4.78 is 0. The highest BCUT2D eigenvalue weighted by atomic mass is 14.7. The summed E-state index contributed by atoms with van der Waals surface area (Å²) in [6, 6.07) is 59.2. The Balaban J connectivity index is 1.20. The minimum atomic E-state index is 0.0247. The van der Waals surface area contributed by atoms with E-state index in [0.717, 1.165) is 40.9 Å². The molecule has 0 amide bonds. The van der Waals surface area contributed by atoms with Crippen molar-refractivity contribution in [3.8, 4) is 67.0 Å². The maximum Gasteiger partial charge on any atom is 0.0715 e. The summed E-state index contributed by atoms with van der Waals surface area (Å²) in [6.07, 6.45) is 7.15. The normalized spacial score (nSPS) is 14.3. The van der Waals surface area contributed by atoms with Crippen LogP contribution in [0.2, 0.25) is 0 Å². The van der Waals surface area contributed by atoms with Crippen LogP contribution >= 0.6 is 0 Å². The fraction of sp³-hybridized carbons (Fsp3) is 0.100. The molecule has 6 aromatic carbocycles. The van der Waals surface area contributed by atoms with Crippen LogP contribution in [0.1, 0.15) is 37.8 Å². The molecular formula is C50H39N. The third kappa shape index (κ3) is 5.56. The van der Waals surface area contributed by atoms with Crippen LogP contribution in [0, 0.1) is 0 Å². The smallest absolute Gasteiger partial charge is 0.0715 e. The van der Waals surface area contributed by atoms with Gasteiger partial charge in [0.2, 0.25) is 0 Å². The molecule has 1 heteroatoms. The molecule has 2 aliphatic rings. The van der Waals surface area contributed by atoms with Crippen molar-refractivity contribution in [2.24, 2.45) is 0 Å². The Hall–Kier alpha value is -6.05. The number of hydrogen-bond donors (Lipinski definition) is 0. The molecule has 2 aliphatic carbocycles. The monoisotopic (exact) mass is 653 g/mol. The van der Waals surface area contributed by atoms with E-state index in [-0.39, 0.29) is 5.41 Å². The van der Waals surface area contributed by atoms with Crippen LogP contribution in [0.15, 0.2) is 182 Å². The lowest BCUT2D eigenvalue weighted by molar-refractivity contribution is 0.654. The van der Waals surface area contributed by atoms with Gasteiger partial charge in [0.1, 0.15) is 0 Å². The second-order valence-corrected chi connectivity index (χ2v) is 14.2. The van der Waals surface area contributed by atoms with Crippen molar-refractivity contribution in [2.75, 3.05) is 0 Å². The molecule has 0 aliphatic heterocycles. The van der Waals surface area contributed by atoms with Crippen molar-refractivity contribution in [1.29, 1.82) is 0 Å². The number of pyridine rings is 1. The number of hydrogen-bond acceptors (Lipinski definition) is 1. The van der Waals surface area contributed by atoms with Crippen LogP contribution in [0.3, 0.4) is 0 Å². The summed E-state index contributed by atoms with van der Waals surface area (Å²) in [5.74, 6) is 0. The summed E-state index contributed by atoms with van der Waals surface area (Å²) in [5.41, 5.74) is 19.5. The Morgan fingerprint density at radius 3 is 1.67 bits per heavy atom. The lowest BCUT2D eigenvalue weighted by atomic mass is 9.80. The molecule has 0 unspecified atom stereocenters. The van der Waals surface area contributed by atoms with Gasteiger partial charge in [-0.1, -0.05) is 166 Å². The highest BCUT2D eigenvalue weighted by Crippen LogP contribution is 2.52. The summed E-state index contributed by atoms with van der Waals surface area (Å²) in [4.78, 5) is 5.25. The van der Waals surface area contributed by atoms with E-state index in [1.165, 1.54) is 61.2 Å². The average molecular weight is 654 g/mol. The zero-order valence-corrected chi connectivity index (χ0v) is 29.1. The first-order valence-corrected chi connectivity index (χ1v) is 18.0. The third-order valence-electron chi connectivity index (χ3n) is 10.7. The first-order chi connectivity index (χ1) is 25.0. The second kappa shape index (κ2) is 12.7. The lowest BCUT2D eigenvalue weighted by Gasteiger charge is -2.23. The molecular weight excluding hydrogens is 615 g/mol. The van der Waals surface area contributed by atoms with E-state index in [4.69, 9.17) is 4.98 Å². The summed E-state index contributed by atoms with van der Waals surface area (Å²) >= 11 is 0. The first kappa shape index (κ1) is 31.0. The molecule has 0 bridgehead atoms. The maximum atomic E-state index is 5.25. The first-order valence-electron chi connectivity index (χ1n) is 18.0. The zero-order chi connectivity index (χ0) is 34.4. The van der Waals surface area contributed by atoms with Gasteiger partial charge in [-0.15, -0.1) is 0 Å². The Bertz CT molecular complexity index is 2410. The van der Waals surface area contributed by atoms with Crippen molar-refractivity contribution in [2.45, 2.75) is 32.1 Å². The quantitative estimate of drug-likeness (QED) is 0.174. The van der Waals surface area contributed by atoms with Gasteiger partial charge in [-0.25, -0.2) is 4.98 Å². The second-order valence-electron chi connectivity index (χ2n) is 14.2. The van der Waals surface area contributed by atoms with Gasteiger partial charge < -0.3 is 0 Å². The van der Waals surface area contributed by atoms with Gasteiger partial charge in [0.15, 0.2) is 0 Å². The summed E-state index contributed by atoms with van der Waals surface area (Å²) in [6.45, 7) is 4.75. The molecule has 0 saturated heterocycles. The van der Waals surface area contributed by atoms with E-state index in [1.807, 2.05) is 0 Å². The summed E-state index contributed by atoms with van der Waals surface area (Å²) in [7, 11) is 0. The number of fused-ring (bicyclic) bond motifs is 3. The molecule has 1 aromatic heterocycles. The van der Waals surface area contributed by atoms with E-state index in [0.29, 0.717) is 0 Å². The van der Waals surface area contributed by atoms with Gasteiger partial charge in [0, 0.05) is 16.5 Å². The van der Waals surface area contributed by atoms with Crippen molar-refractivity contribution in [1.82, 2.24) is 4.98 Å². The van der Waals surface area contributed by atoms with Gasteiger partial charge in [0.25, 0.3) is 0 Å². The molecule has 1 heterocycles. The lowest BCUT2D eigenvalue weighted by Crippen LogP contribution is -2.15. The van der Waals surface area contributed by atoms with Crippen LogP contribution in [-0.4, -0.2) is 4.98 Å². The zero-order valence-electron chi connectivity index (χ0n) is 29.1. The molecule has 0 atom stereocenters. The Kier molecular flexibility index (Phi) is 7.70. The van der Waals surface area contributed by atoms with Crippen LogP contribution in [0.25, 0.3) is 72.6 Å². The van der Waals surface area contributed by atoms with Crippen LogP contribution < -0.4 is 0 Å². The van der Waals surface area contributed by atoms with Gasteiger partial charge in [-0.05, 0) is 104 Å². The fourth-order valence-corrected chi connectivity index (χ4v) is 8.17. The average Bonchev–Trinajstić information content (AvgIpc) is 3.44. The maximum absolute atomic E-state index is 5.25. The third-order valence-corrected chi connectivity index (χ3v) is 10.7. The van der Waals surface area contributed by atoms with E-state index in [2.05, 4.69) is 190 Å². The van der Waals surface area contributed by atoms with Crippen molar-refractivity contribution >= 4 is 5.57 Å². The SMILES string of the molecule is CC1(C)C2=CCCC=C2c2cc(-c3cccc(-c4cccc(-c5cc(-c6ccccc6)cc(-c6ccccc6)n5)c4)c3-c3ccccc3)ccc21. The van der Waals surface area contributed by atoms with E-state index >= 15 is 0 Å². The largest absolute Gasteiger partial charge is 0.248 e. The summed E-state index contributed by atoms with van der Waals surface area (Å²) in [5, 5.41) is 0. The molecule has 244 valence electrons. The van der Waals surface area contributed by atoms with E-state index in [1.54, 1.807) is 0 Å². The molecule has 7 aromatic rings. The molecule has 9 rings (SSSR count). The van der Waals surface area contributed by atoms with Gasteiger partial charge in [0.05, 0.1) is 11.4 Å². The van der Waals surface area contributed by atoms with Gasteiger partial charge in [-0.3, -0.25) is 0 Å². The van der Waals surface area contributed by atoms with Crippen molar-refractivity contribution in [3.05, 3.63) is 193 Å². The standard InChI is InChI=1S/C50H39N/c1-50(2)45-27-13-12-24-43(45)44-31-38(28-29-46(44)50)42-26-15-25-41(49(42)36-20-10-5-11-21-36)37-22-14-23-39(30-37)48-33-40(34-16-6-3-7-17-34)32-47(51-48)35-18-8-4-9-19-35/h3-11,14-33H,12-13H2,1-2H3. The molecule has 0 N–H and O–H groups in total. The number of rotatable bonds is 6. The van der Waals surface area contributed by atoms with Gasteiger partial charge >= 0.3 is 0 Å². The Morgan fingerprint density at radius 2 is 0.961 bits per heavy atom. The Morgan fingerprint density at radius 1 is 0.412 bits per heavy atom. The van der Waals surface area contributed by atoms with Crippen LogP contribution in [-0.2, 0) is 5.41 Å². The number of benzene rings is 6. The Labute approximate surface area is 301 Å². The van der Waals surface area contributed by atoms with Crippen molar-refractivity contribution in [3.63, 3.8) is 0 Å². The molecule has 0 fully saturated rings. The minimum Gasteiger partial charge on any atom is -0.248 e. The molecule has 1 nitrogen and oxygen atoms in total. The number of aromatic nitrogens is 1. The number of nitrogens with zero attached hydrogens (tertiary/aromatic N) is 1. The predicted octanol–water partition coefficient (Wildman–Crippen LogP) is 13.5. The van der Waals surface area contributed by atoms with E-state index < -0.39 is 0 Å². The highest BCUT2D eigenvalue weighted by molar-refractivity contribution is 5.97. The topological polar surface area (TPSA) is 12.9 Å². The molecule has 0 radical (unpaired) electrons. The fourth-order valence-electron chi connectivity index (χ4n) is 8.17. The van der Waals surface area contributed by atoms with Crippen molar-refractivity contribution < 1.29 is 0 Å². The number of allylic oxidation sites excluding steroid dienone is 4. The molecule has 51 heavy (non-hydrogen) atoms. The van der Waals surface area contributed by atoms with E-state index in [9.17, 15) is 0 Å².